The third-order valence-corrected chi connectivity index (χ3v) is 10.6. The number of carbonyl (C=O) groups is 1. The van der Waals surface area contributed by atoms with Crippen molar-refractivity contribution in [2.24, 2.45) is 0 Å². The van der Waals surface area contributed by atoms with E-state index in [-0.39, 0.29) is 5.04 Å². The molecule has 0 atom stereocenters. The summed E-state index contributed by atoms with van der Waals surface area (Å²) in [6.07, 6.45) is 1.73. The van der Waals surface area contributed by atoms with Crippen LogP contribution in [0.4, 0.5) is 0 Å². The predicted molar refractivity (Wildman–Crippen MR) is 113 cm³/mol. The Morgan fingerprint density at radius 1 is 1.26 bits per heavy atom. The van der Waals surface area contributed by atoms with Crippen LogP contribution in [-0.4, -0.2) is 30.9 Å². The van der Waals surface area contributed by atoms with Gasteiger partial charge in [-0.1, -0.05) is 32.4 Å². The smallest absolute Gasteiger partial charge is 0.351 e. The molecule has 0 aliphatic carbocycles. The predicted octanol–water partition coefficient (Wildman–Crippen LogP) is 5.91. The first-order valence-corrected chi connectivity index (χ1v) is 12.7. The van der Waals surface area contributed by atoms with Gasteiger partial charge in [0.05, 0.1) is 18.1 Å². The van der Waals surface area contributed by atoms with E-state index in [1.54, 1.807) is 6.33 Å². The van der Waals surface area contributed by atoms with Crippen molar-refractivity contribution >= 4 is 48.3 Å². The normalized spacial score (nSPS) is 12.4. The number of halogens is 1. The van der Waals surface area contributed by atoms with Crippen LogP contribution in [0.25, 0.3) is 16.0 Å². The molecule has 2 aromatic heterocycles. The molecule has 0 aliphatic heterocycles. The van der Waals surface area contributed by atoms with E-state index in [1.807, 2.05) is 28.8 Å². The summed E-state index contributed by atoms with van der Waals surface area (Å²) < 4.78 is 13.3. The summed E-state index contributed by atoms with van der Waals surface area (Å²) in [6.45, 7) is 10.8. The number of hydrogen-bond donors (Lipinski definition) is 0. The Kier molecular flexibility index (Phi) is 5.13. The average molecular weight is 423 g/mol. The van der Waals surface area contributed by atoms with Crippen molar-refractivity contribution in [1.29, 1.82) is 0 Å². The Balaban J connectivity index is 2.11. The van der Waals surface area contributed by atoms with Crippen LogP contribution >= 0.6 is 22.9 Å². The summed E-state index contributed by atoms with van der Waals surface area (Å²) >= 11 is 7.48. The Morgan fingerprint density at radius 3 is 2.59 bits per heavy atom. The summed E-state index contributed by atoms with van der Waals surface area (Å²) in [5.41, 5.74) is 1.71. The van der Waals surface area contributed by atoms with Crippen LogP contribution in [0, 0.1) is 0 Å². The van der Waals surface area contributed by atoms with Gasteiger partial charge in [0.25, 0.3) is 8.32 Å². The van der Waals surface area contributed by atoms with Crippen LogP contribution in [0.3, 0.4) is 0 Å². The molecular weight excluding hydrogens is 400 g/mol. The van der Waals surface area contributed by atoms with Gasteiger partial charge in [-0.25, -0.2) is 9.78 Å². The van der Waals surface area contributed by atoms with Crippen molar-refractivity contribution < 1.29 is 14.0 Å². The minimum Gasteiger partial charge on any atom is -0.542 e. The molecular formula is C19H23ClN2O3SSi. The van der Waals surface area contributed by atoms with Gasteiger partial charge in [0.15, 0.2) is 4.88 Å². The number of methoxy groups -OCH3 is 1. The molecule has 3 aromatic rings. The number of thiophene rings is 1. The highest BCUT2D eigenvalue weighted by Gasteiger charge is 2.40. The van der Waals surface area contributed by atoms with Crippen LogP contribution in [-0.2, 0) is 4.74 Å². The maximum Gasteiger partial charge on any atom is 0.351 e. The lowest BCUT2D eigenvalue weighted by Crippen LogP contribution is -2.44. The fourth-order valence-electron chi connectivity index (χ4n) is 2.38. The lowest BCUT2D eigenvalue weighted by atomic mass is 10.2. The number of nitrogens with zero attached hydrogens (tertiary/aromatic N) is 2. The fraction of sp³-hybridized carbons (Fsp3) is 0.368. The molecule has 0 radical (unpaired) electrons. The van der Waals surface area contributed by atoms with Gasteiger partial charge < -0.3 is 9.16 Å². The fourth-order valence-corrected chi connectivity index (χ4v) is 4.62. The molecule has 2 heterocycles. The van der Waals surface area contributed by atoms with E-state index >= 15 is 0 Å². The number of esters is 1. The van der Waals surface area contributed by atoms with Gasteiger partial charge in [-0.05, 0) is 36.3 Å². The number of hydrogen-bond acceptors (Lipinski definition) is 5. The van der Waals surface area contributed by atoms with E-state index in [2.05, 4.69) is 38.8 Å². The number of imidazole rings is 1. The largest absolute Gasteiger partial charge is 0.542 e. The van der Waals surface area contributed by atoms with Crippen molar-refractivity contribution in [3.05, 3.63) is 40.5 Å². The van der Waals surface area contributed by atoms with E-state index in [9.17, 15) is 4.79 Å². The van der Waals surface area contributed by atoms with Crippen molar-refractivity contribution in [3.8, 4) is 10.8 Å². The molecule has 0 saturated heterocycles. The summed E-state index contributed by atoms with van der Waals surface area (Å²) in [5, 5.41) is 1.47. The summed E-state index contributed by atoms with van der Waals surface area (Å²) in [5.74, 6) is 0.166. The SMILES string of the molecule is COC(=O)c1sc(-n2cnc3ccc(Cl)cc32)cc1O[Si](C)(C)C(C)(C)C. The molecule has 0 aliphatic rings. The number of benzene rings is 1. The first-order valence-electron chi connectivity index (χ1n) is 8.57. The molecule has 0 saturated carbocycles. The van der Waals surface area contributed by atoms with E-state index in [4.69, 9.17) is 20.8 Å². The third kappa shape index (κ3) is 3.76. The molecule has 0 fully saturated rings. The molecule has 5 nitrogen and oxygen atoms in total. The lowest BCUT2D eigenvalue weighted by Gasteiger charge is -2.36. The van der Waals surface area contributed by atoms with Crippen LogP contribution in [0.1, 0.15) is 30.4 Å². The number of carbonyl (C=O) groups excluding carboxylic acids is 1. The Hall–Kier alpha value is -1.83. The van der Waals surface area contributed by atoms with Crippen molar-refractivity contribution in [1.82, 2.24) is 9.55 Å². The van der Waals surface area contributed by atoms with Gasteiger partial charge >= 0.3 is 5.97 Å². The van der Waals surface area contributed by atoms with Gasteiger partial charge in [0.2, 0.25) is 0 Å². The van der Waals surface area contributed by atoms with Gasteiger partial charge in [-0.3, -0.25) is 4.57 Å². The average Bonchev–Trinajstić information content (AvgIpc) is 3.16. The molecule has 144 valence electrons. The number of ether oxygens (including phenoxy) is 1. The summed E-state index contributed by atoms with van der Waals surface area (Å²) in [6, 6.07) is 7.42. The van der Waals surface area contributed by atoms with E-state index < -0.39 is 14.3 Å². The van der Waals surface area contributed by atoms with Crippen LogP contribution < -0.4 is 4.43 Å². The molecule has 0 spiro atoms. The maximum absolute atomic E-state index is 12.3. The first kappa shape index (κ1) is 19.9. The molecule has 1 aromatic carbocycles. The minimum atomic E-state index is -2.12. The second-order valence-electron chi connectivity index (χ2n) is 7.88. The van der Waals surface area contributed by atoms with Gasteiger partial charge in [-0.2, -0.15) is 0 Å². The molecule has 27 heavy (non-hydrogen) atoms. The van der Waals surface area contributed by atoms with Crippen molar-refractivity contribution in [2.75, 3.05) is 7.11 Å². The quantitative estimate of drug-likeness (QED) is 0.387. The molecule has 0 N–H and O–H groups in total. The zero-order valence-corrected chi connectivity index (χ0v) is 18.9. The Bertz CT molecular complexity index is 1000. The maximum atomic E-state index is 12.3. The standard InChI is InChI=1S/C19H23ClN2O3SSi/c1-19(2,3)27(5,6)25-15-10-16(26-17(15)18(23)24-4)22-11-21-13-8-7-12(20)9-14(13)22/h7-11H,1-6H3. The highest BCUT2D eigenvalue weighted by molar-refractivity contribution is 7.16. The highest BCUT2D eigenvalue weighted by Crippen LogP contribution is 2.41. The molecule has 0 unspecified atom stereocenters. The zero-order chi connectivity index (χ0) is 20.0. The lowest BCUT2D eigenvalue weighted by molar-refractivity contribution is 0.0604. The molecule has 0 amide bonds. The highest BCUT2D eigenvalue weighted by atomic mass is 35.5. The van der Waals surface area contributed by atoms with Crippen LogP contribution in [0.2, 0.25) is 23.2 Å². The first-order chi connectivity index (χ1) is 12.5. The minimum absolute atomic E-state index is 0.0116. The Morgan fingerprint density at radius 2 is 1.96 bits per heavy atom. The monoisotopic (exact) mass is 422 g/mol. The van der Waals surface area contributed by atoms with Crippen LogP contribution in [0.15, 0.2) is 30.6 Å². The number of aromatic nitrogens is 2. The van der Waals surface area contributed by atoms with Crippen LogP contribution in [0.5, 0.6) is 5.75 Å². The molecule has 3 rings (SSSR count). The third-order valence-electron chi connectivity index (χ3n) is 4.97. The number of fused-ring (bicyclic) bond motifs is 1. The molecule has 8 heteroatoms. The van der Waals surface area contributed by atoms with E-state index in [0.29, 0.717) is 15.6 Å². The van der Waals surface area contributed by atoms with E-state index in [1.165, 1.54) is 18.4 Å². The number of rotatable bonds is 4. The Labute approximate surface area is 169 Å². The zero-order valence-electron chi connectivity index (χ0n) is 16.3. The van der Waals surface area contributed by atoms with E-state index in [0.717, 1.165) is 16.0 Å². The second kappa shape index (κ2) is 6.96. The second-order valence-corrected chi connectivity index (χ2v) is 14.1. The topological polar surface area (TPSA) is 53.4 Å². The van der Waals surface area contributed by atoms with Gasteiger partial charge in [0, 0.05) is 11.1 Å². The van der Waals surface area contributed by atoms with Gasteiger partial charge in [0.1, 0.15) is 17.1 Å². The van der Waals surface area contributed by atoms with Crippen molar-refractivity contribution in [3.63, 3.8) is 0 Å². The van der Waals surface area contributed by atoms with Gasteiger partial charge in [-0.15, -0.1) is 11.3 Å². The van der Waals surface area contributed by atoms with Crippen molar-refractivity contribution in [2.45, 2.75) is 38.9 Å². The summed E-state index contributed by atoms with van der Waals surface area (Å²) in [7, 11) is -0.738. The summed E-state index contributed by atoms with van der Waals surface area (Å²) in [4.78, 5) is 17.2. The molecule has 0 bridgehead atoms.